The molecule has 0 radical (unpaired) electrons. The molecule has 12 nitrogen and oxygen atoms in total. The quantitative estimate of drug-likeness (QED) is 0.283. The van der Waals surface area contributed by atoms with Gasteiger partial charge in [0.15, 0.2) is 12.3 Å². The minimum Gasteiger partial charge on any atom is -0.479 e. The van der Waals surface area contributed by atoms with Gasteiger partial charge in [0, 0.05) is 18.0 Å². The van der Waals surface area contributed by atoms with E-state index in [0.29, 0.717) is 4.31 Å². The molecule has 13 heteroatoms. The van der Waals surface area contributed by atoms with Crippen LogP contribution in [0.25, 0.3) is 0 Å². The lowest BCUT2D eigenvalue weighted by molar-refractivity contribution is -0.224. The van der Waals surface area contributed by atoms with Crippen molar-refractivity contribution < 1.29 is 38.4 Å². The molecule has 2 aromatic rings. The third-order valence-corrected chi connectivity index (χ3v) is 6.32. The second-order valence-electron chi connectivity index (χ2n) is 6.54. The summed E-state index contributed by atoms with van der Waals surface area (Å²) in [6.07, 6.45) is -8.99. The number of nitrogens with two attached hydrogens (primary N) is 1. The van der Waals surface area contributed by atoms with E-state index in [4.69, 9.17) is 10.5 Å². The van der Waals surface area contributed by atoms with Crippen molar-refractivity contribution >= 4 is 27.4 Å². The molecule has 162 valence electrons. The van der Waals surface area contributed by atoms with Crippen LogP contribution in [0.4, 0.5) is 11.4 Å². The molecule has 1 saturated heterocycles. The molecule has 1 aliphatic heterocycles. The van der Waals surface area contributed by atoms with Gasteiger partial charge in [0.2, 0.25) is 5.56 Å². The van der Waals surface area contributed by atoms with Crippen molar-refractivity contribution in [2.45, 2.75) is 35.5 Å². The Kier molecular flexibility index (Phi) is 5.83. The molecule has 0 aliphatic carbocycles. The minimum atomic E-state index is -4.56. The topological polar surface area (TPSA) is 203 Å². The standard InChI is InChI=1S/C17H19N3O9S/c18-8-1-3-10(4-2-8)30(27,28)20(9-5-6-19-11(21)7-9)16-14(24)12(22)13(23)15(29-16)17(25)26/h1-7,12-16,22-24H,18H2,(H,19,21)(H,25,26)/t12-,13-,14+,15-,16+/m0/s1. The van der Waals surface area contributed by atoms with Gasteiger partial charge < -0.3 is 35.9 Å². The summed E-state index contributed by atoms with van der Waals surface area (Å²) in [4.78, 5) is 25.2. The van der Waals surface area contributed by atoms with Crippen LogP contribution in [0.3, 0.4) is 0 Å². The number of carboxylic acids is 1. The average Bonchev–Trinajstić information content (AvgIpc) is 2.68. The van der Waals surface area contributed by atoms with Gasteiger partial charge in [-0.1, -0.05) is 0 Å². The Bertz CT molecular complexity index is 1090. The summed E-state index contributed by atoms with van der Waals surface area (Å²) >= 11 is 0. The van der Waals surface area contributed by atoms with E-state index < -0.39 is 52.2 Å². The van der Waals surface area contributed by atoms with Crippen molar-refractivity contribution in [2.24, 2.45) is 0 Å². The number of benzene rings is 1. The number of aromatic amines is 1. The first-order chi connectivity index (χ1) is 14.0. The van der Waals surface area contributed by atoms with Gasteiger partial charge in [0.25, 0.3) is 10.0 Å². The number of hydrogen-bond donors (Lipinski definition) is 6. The minimum absolute atomic E-state index is 0.271. The van der Waals surface area contributed by atoms with Crippen molar-refractivity contribution in [3.8, 4) is 0 Å². The molecule has 1 aromatic carbocycles. The van der Waals surface area contributed by atoms with Crippen LogP contribution >= 0.6 is 0 Å². The first-order valence-corrected chi connectivity index (χ1v) is 9.99. The van der Waals surface area contributed by atoms with Crippen molar-refractivity contribution in [1.29, 1.82) is 0 Å². The number of H-pyrrole nitrogens is 1. The smallest absolute Gasteiger partial charge is 0.335 e. The molecule has 7 N–H and O–H groups in total. The molecule has 1 fully saturated rings. The fraction of sp³-hybridized carbons (Fsp3) is 0.294. The number of anilines is 2. The van der Waals surface area contributed by atoms with Crippen LogP contribution in [0.5, 0.6) is 0 Å². The molecular formula is C17H19N3O9S. The molecule has 2 heterocycles. The number of sulfonamides is 1. The van der Waals surface area contributed by atoms with Gasteiger partial charge in [0.1, 0.15) is 18.3 Å². The zero-order valence-corrected chi connectivity index (χ0v) is 16.0. The first kappa shape index (κ1) is 21.7. The summed E-state index contributed by atoms with van der Waals surface area (Å²) in [6, 6.07) is 7.01. The summed E-state index contributed by atoms with van der Waals surface area (Å²) in [7, 11) is -4.56. The summed E-state index contributed by atoms with van der Waals surface area (Å²) in [6.45, 7) is 0. The Hall–Kier alpha value is -2.97. The van der Waals surface area contributed by atoms with E-state index >= 15 is 0 Å². The highest BCUT2D eigenvalue weighted by Crippen LogP contribution is 2.32. The summed E-state index contributed by atoms with van der Waals surface area (Å²) < 4.78 is 32.4. The number of aliphatic carboxylic acids is 1. The van der Waals surface area contributed by atoms with Crippen LogP contribution in [0, 0.1) is 0 Å². The lowest BCUT2D eigenvalue weighted by Gasteiger charge is -2.43. The van der Waals surface area contributed by atoms with E-state index in [1.807, 2.05) is 0 Å². The third kappa shape index (κ3) is 3.88. The number of rotatable bonds is 5. The molecule has 3 rings (SSSR count). The molecular weight excluding hydrogens is 422 g/mol. The summed E-state index contributed by atoms with van der Waals surface area (Å²) in [5.74, 6) is -1.69. The highest BCUT2D eigenvalue weighted by atomic mass is 32.2. The normalized spacial score (nSPS) is 26.8. The second-order valence-corrected chi connectivity index (χ2v) is 8.35. The molecule has 5 atom stereocenters. The second kappa shape index (κ2) is 8.04. The van der Waals surface area contributed by atoms with Gasteiger partial charge in [-0.25, -0.2) is 17.5 Å². The number of nitrogens with one attached hydrogen (secondary N) is 1. The number of carboxylic acid groups (broad SMARTS) is 1. The summed E-state index contributed by atoms with van der Waals surface area (Å²) in [5.41, 5.74) is 4.90. The average molecular weight is 441 g/mol. The highest BCUT2D eigenvalue weighted by Gasteiger charge is 2.51. The Morgan fingerprint density at radius 2 is 1.70 bits per heavy atom. The monoisotopic (exact) mass is 441 g/mol. The largest absolute Gasteiger partial charge is 0.479 e. The number of carbonyl (C=O) groups is 1. The molecule has 30 heavy (non-hydrogen) atoms. The molecule has 0 amide bonds. The number of aromatic nitrogens is 1. The fourth-order valence-electron chi connectivity index (χ4n) is 3.01. The molecule has 0 saturated carbocycles. The molecule has 1 aliphatic rings. The molecule has 0 unspecified atom stereocenters. The Morgan fingerprint density at radius 1 is 1.07 bits per heavy atom. The number of aliphatic hydroxyl groups excluding tert-OH is 3. The predicted octanol–water partition coefficient (Wildman–Crippen LogP) is -1.96. The van der Waals surface area contributed by atoms with Gasteiger partial charge in [-0.2, -0.15) is 0 Å². The van der Waals surface area contributed by atoms with Gasteiger partial charge in [-0.3, -0.25) is 4.79 Å². The lowest BCUT2D eigenvalue weighted by atomic mass is 9.98. The third-order valence-electron chi connectivity index (χ3n) is 4.51. The first-order valence-electron chi connectivity index (χ1n) is 8.55. The fourth-order valence-corrected chi connectivity index (χ4v) is 4.55. The number of nitrogens with zero attached hydrogens (tertiary/aromatic N) is 1. The number of nitrogen functional groups attached to an aromatic ring is 1. The Morgan fingerprint density at radius 3 is 2.27 bits per heavy atom. The number of ether oxygens (including phenoxy) is 1. The number of aliphatic hydroxyl groups is 3. The van der Waals surface area contributed by atoms with E-state index in [0.717, 1.165) is 12.3 Å². The van der Waals surface area contributed by atoms with Crippen LogP contribution in [-0.4, -0.2) is 70.4 Å². The van der Waals surface area contributed by atoms with E-state index in [1.165, 1.54) is 30.3 Å². The predicted molar refractivity (Wildman–Crippen MR) is 102 cm³/mol. The zero-order valence-electron chi connectivity index (χ0n) is 15.2. The van der Waals surface area contributed by atoms with Crippen LogP contribution in [0.2, 0.25) is 0 Å². The van der Waals surface area contributed by atoms with Gasteiger partial charge >= 0.3 is 5.97 Å². The van der Waals surface area contributed by atoms with E-state index in [2.05, 4.69) is 4.98 Å². The van der Waals surface area contributed by atoms with Crippen LogP contribution in [-0.2, 0) is 19.6 Å². The van der Waals surface area contributed by atoms with Crippen molar-refractivity contribution in [2.75, 3.05) is 10.0 Å². The van der Waals surface area contributed by atoms with Gasteiger partial charge in [-0.15, -0.1) is 0 Å². The lowest BCUT2D eigenvalue weighted by Crippen LogP contribution is -2.65. The van der Waals surface area contributed by atoms with Crippen molar-refractivity contribution in [3.63, 3.8) is 0 Å². The molecule has 0 spiro atoms. The Labute approximate surface area is 169 Å². The van der Waals surface area contributed by atoms with Gasteiger partial charge in [-0.05, 0) is 30.3 Å². The van der Waals surface area contributed by atoms with Crippen molar-refractivity contribution in [1.82, 2.24) is 4.98 Å². The number of pyridine rings is 1. The maximum absolute atomic E-state index is 13.4. The zero-order chi connectivity index (χ0) is 22.2. The van der Waals surface area contributed by atoms with E-state index in [9.17, 15) is 38.4 Å². The van der Waals surface area contributed by atoms with Crippen LogP contribution in [0.1, 0.15) is 0 Å². The SMILES string of the molecule is Nc1ccc(S(=O)(=O)N(c2cc[nH]c(=O)c2)[C@@H]2O[C@H](C(=O)O)[C@@H](O)[C@H](O)[C@H]2O)cc1. The Balaban J connectivity index is 2.18. The number of hydrogen-bond acceptors (Lipinski definition) is 9. The maximum Gasteiger partial charge on any atom is 0.335 e. The van der Waals surface area contributed by atoms with E-state index in [1.54, 1.807) is 0 Å². The maximum atomic E-state index is 13.4. The van der Waals surface area contributed by atoms with Crippen molar-refractivity contribution in [3.05, 3.63) is 52.9 Å². The molecule has 1 aromatic heterocycles. The van der Waals surface area contributed by atoms with Gasteiger partial charge in [0.05, 0.1) is 10.6 Å². The van der Waals surface area contributed by atoms with Crippen LogP contribution < -0.4 is 15.6 Å². The van der Waals surface area contributed by atoms with Crippen LogP contribution in [0.15, 0.2) is 52.3 Å². The summed E-state index contributed by atoms with van der Waals surface area (Å²) in [5, 5.41) is 39.7. The highest BCUT2D eigenvalue weighted by molar-refractivity contribution is 7.92. The molecule has 0 bridgehead atoms. The van der Waals surface area contributed by atoms with E-state index in [-0.39, 0.29) is 16.3 Å².